The molecule has 0 atom stereocenters. The molecule has 9 nitrogen and oxygen atoms in total. The largest absolute Gasteiger partial charge is 0.448 e. The van der Waals surface area contributed by atoms with Crippen LogP contribution in [0.2, 0.25) is 0 Å². The Labute approximate surface area is 248 Å². The van der Waals surface area contributed by atoms with E-state index in [0.717, 1.165) is 61.0 Å². The molecular formula is C33H33FN6O3. The minimum Gasteiger partial charge on any atom is -0.448 e. The number of anilines is 2. The zero-order valence-electron chi connectivity index (χ0n) is 23.9. The highest BCUT2D eigenvalue weighted by Gasteiger charge is 2.20. The van der Waals surface area contributed by atoms with Crippen LogP contribution in [0.4, 0.5) is 20.7 Å². The Morgan fingerprint density at radius 2 is 1.74 bits per heavy atom. The number of amides is 1. The summed E-state index contributed by atoms with van der Waals surface area (Å²) in [5.74, 6) is -0.433. The van der Waals surface area contributed by atoms with E-state index in [1.54, 1.807) is 12.1 Å². The number of fused-ring (bicyclic) bond motifs is 2. The first kappa shape index (κ1) is 28.3. The van der Waals surface area contributed by atoms with Crippen LogP contribution in [-0.2, 0) is 4.74 Å². The van der Waals surface area contributed by atoms with Crippen LogP contribution in [0.25, 0.3) is 32.8 Å². The number of carbonyl (C=O) groups excluding carboxylic acids is 2. The number of aromatic nitrogens is 2. The lowest BCUT2D eigenvalue weighted by molar-refractivity contribution is 0.102. The molecule has 3 N–H and O–H groups in total. The van der Waals surface area contributed by atoms with Gasteiger partial charge in [-0.15, -0.1) is 5.10 Å². The molecule has 0 bridgehead atoms. The Balaban J connectivity index is 1.21. The number of nitrogens with zero attached hydrogens (tertiary/aromatic N) is 4. The fourth-order valence-electron chi connectivity index (χ4n) is 5.54. The summed E-state index contributed by atoms with van der Waals surface area (Å²) in [5, 5.41) is 9.42. The molecule has 0 aliphatic carbocycles. The molecule has 43 heavy (non-hydrogen) atoms. The average Bonchev–Trinajstić information content (AvgIpc) is 3.37. The van der Waals surface area contributed by atoms with Gasteiger partial charge in [-0.3, -0.25) is 4.79 Å². The third-order valence-electron chi connectivity index (χ3n) is 7.89. The first-order chi connectivity index (χ1) is 20.9. The molecule has 6 rings (SSSR count). The highest BCUT2D eigenvalue weighted by Crippen LogP contribution is 2.35. The summed E-state index contributed by atoms with van der Waals surface area (Å²) in [7, 11) is 2.13. The molecule has 4 aromatic carbocycles. The topological polar surface area (TPSA) is 106 Å². The average molecular weight is 581 g/mol. The summed E-state index contributed by atoms with van der Waals surface area (Å²) >= 11 is 0. The number of nitrogens with one attached hydrogen (secondary N) is 1. The number of hydrogen-bond donors (Lipinski definition) is 2. The molecule has 1 amide bonds. The summed E-state index contributed by atoms with van der Waals surface area (Å²) in [4.78, 5) is 30.7. The molecular weight excluding hydrogens is 547 g/mol. The number of likely N-dealkylation sites (N-methyl/N-ethyl adjacent to an activating group) is 1. The predicted octanol–water partition coefficient (Wildman–Crippen LogP) is 5.45. The Kier molecular flexibility index (Phi) is 8.04. The molecule has 1 aliphatic heterocycles. The lowest BCUT2D eigenvalue weighted by Crippen LogP contribution is -2.44. The minimum absolute atomic E-state index is 0.229. The number of nitrogens with two attached hydrogens (primary N) is 1. The molecule has 0 radical (unpaired) electrons. The molecule has 0 spiro atoms. The van der Waals surface area contributed by atoms with E-state index in [4.69, 9.17) is 10.5 Å². The van der Waals surface area contributed by atoms with Gasteiger partial charge in [-0.05, 0) is 77.8 Å². The molecule has 0 saturated carbocycles. The number of ether oxygens (including phenoxy) is 1. The van der Waals surface area contributed by atoms with Crippen LogP contribution < -0.4 is 11.1 Å². The third-order valence-corrected chi connectivity index (χ3v) is 7.89. The van der Waals surface area contributed by atoms with Crippen LogP contribution >= 0.6 is 0 Å². The van der Waals surface area contributed by atoms with Gasteiger partial charge in [-0.1, -0.05) is 36.4 Å². The lowest BCUT2D eigenvalue weighted by Gasteiger charge is -2.32. The van der Waals surface area contributed by atoms with Crippen molar-refractivity contribution in [3.8, 4) is 11.1 Å². The van der Waals surface area contributed by atoms with Crippen molar-refractivity contribution in [2.24, 2.45) is 0 Å². The first-order valence-corrected chi connectivity index (χ1v) is 14.3. The van der Waals surface area contributed by atoms with Crippen LogP contribution in [0, 0.1) is 5.82 Å². The highest BCUT2D eigenvalue weighted by atomic mass is 19.1. The van der Waals surface area contributed by atoms with Gasteiger partial charge in [-0.25, -0.2) is 9.18 Å². The predicted molar refractivity (Wildman–Crippen MR) is 167 cm³/mol. The van der Waals surface area contributed by atoms with Gasteiger partial charge in [0.05, 0.1) is 17.5 Å². The minimum atomic E-state index is -0.562. The van der Waals surface area contributed by atoms with Crippen molar-refractivity contribution in [2.75, 3.05) is 57.4 Å². The van der Waals surface area contributed by atoms with Gasteiger partial charge in [0.2, 0.25) is 0 Å². The Bertz CT molecular complexity index is 1790. The number of piperazine rings is 1. The SMILES string of the molecule is CN1CCN(CCCOC(=O)n2nc(N)c3c(-c4ccc5c(C(=O)Nc6ccc(F)cc6)cccc5c4)cccc32)CC1. The summed E-state index contributed by atoms with van der Waals surface area (Å²) in [6, 6.07) is 22.5. The van der Waals surface area contributed by atoms with Gasteiger partial charge < -0.3 is 25.6 Å². The molecule has 1 aromatic heterocycles. The van der Waals surface area contributed by atoms with Crippen LogP contribution in [0.3, 0.4) is 0 Å². The second kappa shape index (κ2) is 12.2. The maximum absolute atomic E-state index is 13.3. The van der Waals surface area contributed by atoms with Crippen molar-refractivity contribution in [3.05, 3.63) is 90.2 Å². The number of nitrogen functional groups attached to an aromatic ring is 1. The molecule has 0 unspecified atom stereocenters. The van der Waals surface area contributed by atoms with E-state index >= 15 is 0 Å². The fourth-order valence-corrected chi connectivity index (χ4v) is 5.54. The summed E-state index contributed by atoms with van der Waals surface area (Å²) < 4.78 is 20.1. The highest BCUT2D eigenvalue weighted by molar-refractivity contribution is 6.14. The van der Waals surface area contributed by atoms with Crippen LogP contribution in [0.15, 0.2) is 78.9 Å². The number of rotatable bonds is 7. The van der Waals surface area contributed by atoms with Crippen molar-refractivity contribution >= 4 is 45.2 Å². The number of hydrogen-bond acceptors (Lipinski definition) is 7. The first-order valence-electron chi connectivity index (χ1n) is 14.3. The van der Waals surface area contributed by atoms with Gasteiger partial charge in [0.1, 0.15) is 5.82 Å². The van der Waals surface area contributed by atoms with Crippen molar-refractivity contribution in [1.29, 1.82) is 0 Å². The van der Waals surface area contributed by atoms with Crippen molar-refractivity contribution in [1.82, 2.24) is 19.6 Å². The Morgan fingerprint density at radius 1 is 0.977 bits per heavy atom. The van der Waals surface area contributed by atoms with Gasteiger partial charge in [-0.2, -0.15) is 4.68 Å². The van der Waals surface area contributed by atoms with Gasteiger partial charge in [0, 0.05) is 44.0 Å². The van der Waals surface area contributed by atoms with E-state index in [1.165, 1.54) is 28.9 Å². The third kappa shape index (κ3) is 6.06. The maximum Gasteiger partial charge on any atom is 0.435 e. The normalized spacial score (nSPS) is 14.3. The zero-order valence-corrected chi connectivity index (χ0v) is 23.9. The van der Waals surface area contributed by atoms with E-state index in [0.29, 0.717) is 28.8 Å². The quantitative estimate of drug-likeness (QED) is 0.247. The molecule has 10 heteroatoms. The Morgan fingerprint density at radius 3 is 2.53 bits per heavy atom. The van der Waals surface area contributed by atoms with E-state index in [-0.39, 0.29) is 17.5 Å². The second-order valence-corrected chi connectivity index (χ2v) is 10.8. The molecule has 2 heterocycles. The smallest absolute Gasteiger partial charge is 0.435 e. The van der Waals surface area contributed by atoms with E-state index in [2.05, 4.69) is 27.3 Å². The monoisotopic (exact) mass is 580 g/mol. The number of benzene rings is 4. The zero-order chi connectivity index (χ0) is 29.9. The van der Waals surface area contributed by atoms with Crippen LogP contribution in [-0.4, -0.2) is 78.0 Å². The van der Waals surface area contributed by atoms with Crippen molar-refractivity contribution < 1.29 is 18.7 Å². The second-order valence-electron chi connectivity index (χ2n) is 10.8. The molecule has 5 aromatic rings. The van der Waals surface area contributed by atoms with E-state index in [1.807, 2.05) is 42.5 Å². The summed E-state index contributed by atoms with van der Waals surface area (Å²) in [6.07, 6.45) is 0.184. The van der Waals surface area contributed by atoms with Crippen LogP contribution in [0.5, 0.6) is 0 Å². The van der Waals surface area contributed by atoms with E-state index < -0.39 is 6.09 Å². The standard InChI is InChI=1S/C33H33FN6O3/c1-38-16-18-39(19-17-38)15-4-20-43-33(42)40-29-8-3-6-27(30(29)31(35)37-40)23-9-14-26-22(21-23)5-2-7-28(26)32(41)36-25-12-10-24(34)11-13-25/h2-3,5-14,21H,4,15-20H2,1H3,(H2,35,37)(H,36,41). The van der Waals surface area contributed by atoms with Crippen molar-refractivity contribution in [3.63, 3.8) is 0 Å². The van der Waals surface area contributed by atoms with E-state index in [9.17, 15) is 14.0 Å². The van der Waals surface area contributed by atoms with Gasteiger partial charge in [0.15, 0.2) is 5.82 Å². The number of carbonyl (C=O) groups is 2. The Hall–Kier alpha value is -4.80. The summed E-state index contributed by atoms with van der Waals surface area (Å²) in [6.45, 7) is 5.32. The molecule has 1 aliphatic rings. The van der Waals surface area contributed by atoms with Crippen molar-refractivity contribution in [2.45, 2.75) is 6.42 Å². The maximum atomic E-state index is 13.3. The van der Waals surface area contributed by atoms with Gasteiger partial charge >= 0.3 is 6.09 Å². The molecule has 1 fully saturated rings. The fraction of sp³-hybridized carbons (Fsp3) is 0.242. The molecule has 220 valence electrons. The van der Waals surface area contributed by atoms with Crippen LogP contribution in [0.1, 0.15) is 16.8 Å². The number of halogens is 1. The van der Waals surface area contributed by atoms with Gasteiger partial charge in [0.25, 0.3) is 5.91 Å². The molecule has 1 saturated heterocycles. The summed E-state index contributed by atoms with van der Waals surface area (Å²) in [5.41, 5.74) is 9.59. The lowest BCUT2D eigenvalue weighted by atomic mass is 9.96.